The third-order valence-electron chi connectivity index (χ3n) is 4.86. The molecule has 0 unspecified atom stereocenters. The molecule has 1 heterocycles. The Morgan fingerprint density at radius 1 is 1.23 bits per heavy atom. The molecule has 2 aromatic rings. The van der Waals surface area contributed by atoms with E-state index in [0.29, 0.717) is 12.8 Å². The lowest BCUT2D eigenvalue weighted by Crippen LogP contribution is -2.29. The fraction of sp³-hybridized carbons (Fsp3) is 0.474. The van der Waals surface area contributed by atoms with Crippen LogP contribution >= 0.6 is 0 Å². The van der Waals surface area contributed by atoms with Crippen LogP contribution in [0.5, 0.6) is 5.75 Å². The van der Waals surface area contributed by atoms with Crippen molar-refractivity contribution in [1.82, 2.24) is 9.55 Å². The molecule has 0 amide bonds. The van der Waals surface area contributed by atoms with Crippen LogP contribution in [0.25, 0.3) is 11.1 Å². The van der Waals surface area contributed by atoms with Crippen LogP contribution in [0.1, 0.15) is 18.4 Å². The van der Waals surface area contributed by atoms with Crippen LogP contribution in [0.3, 0.4) is 0 Å². The van der Waals surface area contributed by atoms with Crippen LogP contribution < -0.4 is 10.3 Å². The highest BCUT2D eigenvalue weighted by atomic mass is 32.2. The molecule has 30 heavy (non-hydrogen) atoms. The molecule has 7 nitrogen and oxygen atoms in total. The summed E-state index contributed by atoms with van der Waals surface area (Å²) in [4.78, 5) is 17.0. The van der Waals surface area contributed by atoms with Gasteiger partial charge in [-0.3, -0.25) is 9.36 Å². The number of rotatable bonds is 8. The molecule has 1 aliphatic carbocycles. The van der Waals surface area contributed by atoms with E-state index < -0.39 is 32.6 Å². The van der Waals surface area contributed by atoms with Crippen molar-refractivity contribution < 1.29 is 31.1 Å². The van der Waals surface area contributed by atoms with Gasteiger partial charge >= 0.3 is 6.18 Å². The molecule has 164 valence electrons. The SMILES string of the molecule is COCOc1cc(C(F)(F)F)ccc1-c1cncn(CC2(CS(C)(=O)=O)CC2)c1=O. The topological polar surface area (TPSA) is 87.5 Å². The number of hydrogen-bond acceptors (Lipinski definition) is 6. The maximum Gasteiger partial charge on any atom is 0.416 e. The summed E-state index contributed by atoms with van der Waals surface area (Å²) < 4.78 is 74.0. The second kappa shape index (κ2) is 8.03. The minimum atomic E-state index is -4.58. The molecular formula is C19H21F3N2O5S. The first-order chi connectivity index (χ1) is 13.9. The molecule has 0 saturated heterocycles. The fourth-order valence-electron chi connectivity index (χ4n) is 3.35. The molecule has 0 aliphatic heterocycles. The van der Waals surface area contributed by atoms with E-state index in [1.54, 1.807) is 0 Å². The summed E-state index contributed by atoms with van der Waals surface area (Å²) in [6.45, 7) is -0.144. The smallest absolute Gasteiger partial charge is 0.416 e. The monoisotopic (exact) mass is 446 g/mol. The van der Waals surface area contributed by atoms with Gasteiger partial charge in [0.1, 0.15) is 15.6 Å². The molecular weight excluding hydrogens is 425 g/mol. The van der Waals surface area contributed by atoms with Crippen LogP contribution in [0.2, 0.25) is 0 Å². The van der Waals surface area contributed by atoms with Gasteiger partial charge in [-0.25, -0.2) is 13.4 Å². The quantitative estimate of drug-likeness (QED) is 0.580. The van der Waals surface area contributed by atoms with Crippen molar-refractivity contribution >= 4 is 9.84 Å². The molecule has 0 bridgehead atoms. The van der Waals surface area contributed by atoms with E-state index in [1.165, 1.54) is 24.2 Å². The van der Waals surface area contributed by atoms with Crippen LogP contribution in [-0.2, 0) is 27.3 Å². The molecule has 1 aliphatic rings. The maximum absolute atomic E-state index is 13.1. The Kier molecular flexibility index (Phi) is 5.96. The summed E-state index contributed by atoms with van der Waals surface area (Å²) >= 11 is 0. The van der Waals surface area contributed by atoms with Gasteiger partial charge < -0.3 is 9.47 Å². The van der Waals surface area contributed by atoms with Gasteiger partial charge in [-0.2, -0.15) is 13.2 Å². The van der Waals surface area contributed by atoms with E-state index in [-0.39, 0.29) is 36.0 Å². The fourth-order valence-corrected chi connectivity index (χ4v) is 4.85. The van der Waals surface area contributed by atoms with Gasteiger partial charge in [0.25, 0.3) is 5.56 Å². The summed E-state index contributed by atoms with van der Waals surface area (Å²) in [7, 11) is -1.91. The Morgan fingerprint density at radius 2 is 1.93 bits per heavy atom. The van der Waals surface area contributed by atoms with Gasteiger partial charge in [0, 0.05) is 37.1 Å². The molecule has 1 aromatic carbocycles. The highest BCUT2D eigenvalue weighted by Crippen LogP contribution is 2.48. The van der Waals surface area contributed by atoms with Crippen LogP contribution in [0.15, 0.2) is 35.5 Å². The Hall–Kier alpha value is -2.40. The zero-order chi connectivity index (χ0) is 22.2. The minimum absolute atomic E-state index is 0.0425. The van der Waals surface area contributed by atoms with Crippen molar-refractivity contribution in [2.24, 2.45) is 5.41 Å². The third kappa shape index (κ3) is 5.20. The standard InChI is InChI=1S/C19H21F3N2O5S/c1-28-12-29-16-7-13(19(20,21)22)3-4-14(16)15-8-23-11-24(17(15)25)9-18(5-6-18)10-30(2,26)27/h3-4,7-8,11H,5-6,9-10,12H2,1-2H3. The average molecular weight is 446 g/mol. The van der Waals surface area contributed by atoms with Crippen molar-refractivity contribution in [3.8, 4) is 16.9 Å². The average Bonchev–Trinajstić information content (AvgIpc) is 3.38. The van der Waals surface area contributed by atoms with Gasteiger partial charge in [0.2, 0.25) is 0 Å². The number of benzene rings is 1. The van der Waals surface area contributed by atoms with E-state index in [9.17, 15) is 26.4 Å². The van der Waals surface area contributed by atoms with E-state index >= 15 is 0 Å². The highest BCUT2D eigenvalue weighted by Gasteiger charge is 2.45. The predicted molar refractivity (Wildman–Crippen MR) is 103 cm³/mol. The molecule has 0 radical (unpaired) electrons. The Balaban J connectivity index is 2.00. The molecule has 0 N–H and O–H groups in total. The van der Waals surface area contributed by atoms with Crippen molar-refractivity contribution in [3.05, 3.63) is 46.6 Å². The van der Waals surface area contributed by atoms with Gasteiger partial charge in [-0.05, 0) is 31.0 Å². The van der Waals surface area contributed by atoms with Gasteiger partial charge in [-0.15, -0.1) is 0 Å². The van der Waals surface area contributed by atoms with Crippen LogP contribution in [-0.4, -0.2) is 43.9 Å². The van der Waals surface area contributed by atoms with Crippen LogP contribution in [0, 0.1) is 5.41 Å². The van der Waals surface area contributed by atoms with Gasteiger partial charge in [0.15, 0.2) is 6.79 Å². The second-order valence-corrected chi connectivity index (χ2v) is 9.71. The summed E-state index contributed by atoms with van der Waals surface area (Å²) in [5.41, 5.74) is -1.75. The lowest BCUT2D eigenvalue weighted by atomic mass is 10.0. The van der Waals surface area contributed by atoms with E-state index in [1.807, 2.05) is 0 Å². The number of halogens is 3. The van der Waals surface area contributed by atoms with E-state index in [2.05, 4.69) is 4.98 Å². The lowest BCUT2D eigenvalue weighted by molar-refractivity contribution is -0.137. The first kappa shape index (κ1) is 22.3. The second-order valence-electron chi connectivity index (χ2n) is 7.57. The first-order valence-electron chi connectivity index (χ1n) is 9.00. The molecule has 1 fully saturated rings. The minimum Gasteiger partial charge on any atom is -0.467 e. The Bertz CT molecular complexity index is 1090. The molecule has 0 atom stereocenters. The number of methoxy groups -OCH3 is 1. The number of alkyl halides is 3. The van der Waals surface area contributed by atoms with Crippen molar-refractivity contribution in [2.45, 2.75) is 25.6 Å². The summed E-state index contributed by atoms with van der Waals surface area (Å²) in [6, 6.07) is 2.81. The third-order valence-corrected chi connectivity index (χ3v) is 6.00. The van der Waals surface area contributed by atoms with Gasteiger partial charge in [0.05, 0.1) is 23.2 Å². The summed E-state index contributed by atoms with van der Waals surface area (Å²) in [5.74, 6) is -0.209. The van der Waals surface area contributed by atoms with Crippen molar-refractivity contribution in [1.29, 1.82) is 0 Å². The van der Waals surface area contributed by atoms with Crippen molar-refractivity contribution in [2.75, 3.05) is 25.9 Å². The van der Waals surface area contributed by atoms with Gasteiger partial charge in [-0.1, -0.05) is 0 Å². The number of sulfone groups is 1. The zero-order valence-corrected chi connectivity index (χ0v) is 17.2. The number of ether oxygens (including phenoxy) is 2. The lowest BCUT2D eigenvalue weighted by Gasteiger charge is -2.17. The first-order valence-corrected chi connectivity index (χ1v) is 11.1. The largest absolute Gasteiger partial charge is 0.467 e. The normalized spacial score (nSPS) is 15.8. The molecule has 3 rings (SSSR count). The summed E-state index contributed by atoms with van der Waals surface area (Å²) in [6.07, 6.45) is 0.443. The number of aromatic nitrogens is 2. The molecule has 1 aromatic heterocycles. The van der Waals surface area contributed by atoms with Crippen LogP contribution in [0.4, 0.5) is 13.2 Å². The van der Waals surface area contributed by atoms with E-state index in [4.69, 9.17) is 9.47 Å². The number of nitrogens with zero attached hydrogens (tertiary/aromatic N) is 2. The highest BCUT2D eigenvalue weighted by molar-refractivity contribution is 7.90. The number of hydrogen-bond donors (Lipinski definition) is 0. The molecule has 1 saturated carbocycles. The zero-order valence-electron chi connectivity index (χ0n) is 16.4. The van der Waals surface area contributed by atoms with E-state index in [0.717, 1.165) is 24.5 Å². The Morgan fingerprint density at radius 3 is 2.50 bits per heavy atom. The predicted octanol–water partition coefficient (Wildman–Crippen LogP) is 2.74. The summed E-state index contributed by atoms with van der Waals surface area (Å²) in [5, 5.41) is 0. The maximum atomic E-state index is 13.1. The van der Waals surface area contributed by atoms with Crippen molar-refractivity contribution in [3.63, 3.8) is 0 Å². The molecule has 0 spiro atoms. The molecule has 11 heteroatoms. The Labute approximate surface area is 171 Å².